The lowest BCUT2D eigenvalue weighted by molar-refractivity contribution is -0.119. The van der Waals surface area contributed by atoms with Gasteiger partial charge in [-0.1, -0.05) is 6.07 Å². The summed E-state index contributed by atoms with van der Waals surface area (Å²) < 4.78 is 5.55. The number of nitrogens with two attached hydrogens (primary N) is 1. The van der Waals surface area contributed by atoms with Crippen LogP contribution in [0.5, 0.6) is 0 Å². The first-order chi connectivity index (χ1) is 8.65. The Bertz CT molecular complexity index is 431. The smallest absolute Gasteiger partial charge is 0.226 e. The molecule has 106 valence electrons. The molecule has 2 rings (SSSR count). The van der Waals surface area contributed by atoms with E-state index in [9.17, 15) is 4.79 Å². The molecule has 1 unspecified atom stereocenters. The molecule has 4 nitrogen and oxygen atoms in total. The first-order valence-electron chi connectivity index (χ1n) is 6.43. The van der Waals surface area contributed by atoms with E-state index in [4.69, 9.17) is 10.5 Å². The summed E-state index contributed by atoms with van der Waals surface area (Å²) in [5.74, 6) is -0.00407. The van der Waals surface area contributed by atoms with Crippen LogP contribution in [0.4, 0.5) is 11.4 Å². The molecule has 1 aromatic carbocycles. The van der Waals surface area contributed by atoms with Crippen LogP contribution in [0.3, 0.4) is 0 Å². The Kier molecular flexibility index (Phi) is 6.12. The molecular weight excluding hydrogens is 264 g/mol. The third-order valence-electron chi connectivity index (χ3n) is 3.22. The molecule has 1 fully saturated rings. The molecule has 1 aliphatic rings. The number of carbonyl (C=O) groups excluding carboxylic acids is 1. The number of hydrogen-bond donors (Lipinski definition) is 2. The van der Waals surface area contributed by atoms with Crippen LogP contribution in [-0.4, -0.2) is 18.6 Å². The summed E-state index contributed by atoms with van der Waals surface area (Å²) in [6.45, 7) is 2.72. The minimum atomic E-state index is -0.00407. The number of benzene rings is 1. The number of halogens is 1. The Morgan fingerprint density at radius 2 is 2.26 bits per heavy atom. The zero-order valence-corrected chi connectivity index (χ0v) is 12.0. The van der Waals surface area contributed by atoms with Crippen molar-refractivity contribution in [3.8, 4) is 0 Å². The molecule has 5 heteroatoms. The molecule has 0 aliphatic carbocycles. The summed E-state index contributed by atoms with van der Waals surface area (Å²) in [6, 6.07) is 5.52. The average molecular weight is 285 g/mol. The first kappa shape index (κ1) is 15.8. The predicted octanol–water partition coefficient (Wildman–Crippen LogP) is 2.90. The van der Waals surface area contributed by atoms with Crippen LogP contribution in [-0.2, 0) is 9.53 Å². The van der Waals surface area contributed by atoms with E-state index in [1.54, 1.807) is 6.07 Å². The van der Waals surface area contributed by atoms with Gasteiger partial charge in [0, 0.05) is 18.0 Å². The fourth-order valence-corrected chi connectivity index (χ4v) is 2.15. The number of nitrogen functional groups attached to an aromatic ring is 1. The molecule has 0 bridgehead atoms. The highest BCUT2D eigenvalue weighted by Gasteiger charge is 2.17. The Morgan fingerprint density at radius 1 is 1.47 bits per heavy atom. The van der Waals surface area contributed by atoms with Gasteiger partial charge in [0.05, 0.1) is 12.5 Å². The van der Waals surface area contributed by atoms with Crippen molar-refractivity contribution >= 4 is 29.7 Å². The lowest BCUT2D eigenvalue weighted by atomic mass is 10.1. The van der Waals surface area contributed by atoms with E-state index in [1.165, 1.54) is 0 Å². The van der Waals surface area contributed by atoms with Crippen molar-refractivity contribution in [1.29, 1.82) is 0 Å². The quantitative estimate of drug-likeness (QED) is 0.839. The van der Waals surface area contributed by atoms with Crippen molar-refractivity contribution in [3.63, 3.8) is 0 Å². The molecule has 0 saturated carbocycles. The number of nitrogens with one attached hydrogen (secondary N) is 1. The number of amides is 1. The number of rotatable bonds is 3. The number of carbonyl (C=O) groups is 1. The maximum atomic E-state index is 11.9. The molecule has 1 aliphatic heterocycles. The average Bonchev–Trinajstić information content (AvgIpc) is 2.35. The number of hydrogen-bond acceptors (Lipinski definition) is 3. The van der Waals surface area contributed by atoms with Gasteiger partial charge in [-0.15, -0.1) is 12.4 Å². The SMILES string of the molecule is Cc1ccc(N)cc1NC(=O)CC1CCCCO1.Cl. The zero-order chi connectivity index (χ0) is 13.0. The van der Waals surface area contributed by atoms with Crippen molar-refractivity contribution in [1.82, 2.24) is 0 Å². The van der Waals surface area contributed by atoms with Crippen molar-refractivity contribution < 1.29 is 9.53 Å². The largest absolute Gasteiger partial charge is 0.399 e. The summed E-state index contributed by atoms with van der Waals surface area (Å²) in [6.07, 6.45) is 3.72. The number of aryl methyl sites for hydroxylation is 1. The van der Waals surface area contributed by atoms with Gasteiger partial charge in [0.2, 0.25) is 5.91 Å². The second-order valence-electron chi connectivity index (χ2n) is 4.82. The van der Waals surface area contributed by atoms with E-state index in [0.717, 1.165) is 37.1 Å². The van der Waals surface area contributed by atoms with E-state index in [1.807, 2.05) is 19.1 Å². The minimum Gasteiger partial charge on any atom is -0.399 e. The molecule has 1 aromatic rings. The van der Waals surface area contributed by atoms with E-state index < -0.39 is 0 Å². The molecule has 1 amide bonds. The van der Waals surface area contributed by atoms with Gasteiger partial charge in [-0.25, -0.2) is 0 Å². The zero-order valence-electron chi connectivity index (χ0n) is 11.1. The van der Waals surface area contributed by atoms with Gasteiger partial charge in [0.1, 0.15) is 0 Å². The third-order valence-corrected chi connectivity index (χ3v) is 3.22. The molecule has 19 heavy (non-hydrogen) atoms. The fourth-order valence-electron chi connectivity index (χ4n) is 2.15. The molecule has 1 heterocycles. The Hall–Kier alpha value is -1.26. The lowest BCUT2D eigenvalue weighted by Gasteiger charge is -2.22. The van der Waals surface area contributed by atoms with E-state index >= 15 is 0 Å². The van der Waals surface area contributed by atoms with Gasteiger partial charge >= 0.3 is 0 Å². The topological polar surface area (TPSA) is 64.3 Å². The van der Waals surface area contributed by atoms with E-state index in [0.29, 0.717) is 12.1 Å². The molecule has 0 spiro atoms. The van der Waals surface area contributed by atoms with Crippen LogP contribution in [0, 0.1) is 6.92 Å². The second-order valence-corrected chi connectivity index (χ2v) is 4.82. The number of anilines is 2. The minimum absolute atomic E-state index is 0. The first-order valence-corrected chi connectivity index (χ1v) is 6.43. The number of ether oxygens (including phenoxy) is 1. The van der Waals surface area contributed by atoms with Crippen molar-refractivity contribution in [2.45, 2.75) is 38.7 Å². The van der Waals surface area contributed by atoms with Crippen LogP contribution < -0.4 is 11.1 Å². The van der Waals surface area contributed by atoms with E-state index in [2.05, 4.69) is 5.32 Å². The third kappa shape index (κ3) is 4.73. The molecule has 0 aromatic heterocycles. The van der Waals surface area contributed by atoms with Gasteiger partial charge in [-0.05, 0) is 43.9 Å². The molecule has 1 saturated heterocycles. The van der Waals surface area contributed by atoms with Crippen LogP contribution in [0.1, 0.15) is 31.2 Å². The van der Waals surface area contributed by atoms with Gasteiger partial charge < -0.3 is 15.8 Å². The van der Waals surface area contributed by atoms with E-state index in [-0.39, 0.29) is 24.4 Å². The van der Waals surface area contributed by atoms with Gasteiger partial charge in [-0.2, -0.15) is 0 Å². The summed E-state index contributed by atoms with van der Waals surface area (Å²) in [5.41, 5.74) is 8.17. The Balaban J connectivity index is 0.00000180. The lowest BCUT2D eigenvalue weighted by Crippen LogP contribution is -2.25. The summed E-state index contributed by atoms with van der Waals surface area (Å²) in [7, 11) is 0. The van der Waals surface area contributed by atoms with Crippen LogP contribution >= 0.6 is 12.4 Å². The molecule has 1 atom stereocenters. The van der Waals surface area contributed by atoms with Crippen LogP contribution in [0.2, 0.25) is 0 Å². The van der Waals surface area contributed by atoms with Crippen LogP contribution in [0.25, 0.3) is 0 Å². The van der Waals surface area contributed by atoms with Crippen molar-refractivity contribution in [2.24, 2.45) is 0 Å². The van der Waals surface area contributed by atoms with Crippen molar-refractivity contribution in [3.05, 3.63) is 23.8 Å². The second kappa shape index (κ2) is 7.36. The van der Waals surface area contributed by atoms with Gasteiger partial charge in [0.15, 0.2) is 0 Å². The normalized spacial score (nSPS) is 18.5. The summed E-state index contributed by atoms with van der Waals surface area (Å²) in [4.78, 5) is 11.9. The highest BCUT2D eigenvalue weighted by atomic mass is 35.5. The van der Waals surface area contributed by atoms with Crippen molar-refractivity contribution in [2.75, 3.05) is 17.7 Å². The Morgan fingerprint density at radius 3 is 2.95 bits per heavy atom. The fraction of sp³-hybridized carbons (Fsp3) is 0.500. The van der Waals surface area contributed by atoms with Crippen LogP contribution in [0.15, 0.2) is 18.2 Å². The highest BCUT2D eigenvalue weighted by Crippen LogP contribution is 2.20. The standard InChI is InChI=1S/C14H20N2O2.ClH/c1-10-5-6-11(15)8-13(10)16-14(17)9-12-4-2-3-7-18-12;/h5-6,8,12H,2-4,7,9,15H2,1H3,(H,16,17);1H. The summed E-state index contributed by atoms with van der Waals surface area (Å²) >= 11 is 0. The monoisotopic (exact) mass is 284 g/mol. The van der Waals surface area contributed by atoms with Gasteiger partial charge in [-0.3, -0.25) is 4.79 Å². The maximum Gasteiger partial charge on any atom is 0.226 e. The Labute approximate surface area is 120 Å². The molecular formula is C14H21ClN2O2. The predicted molar refractivity (Wildman–Crippen MR) is 79.7 cm³/mol. The summed E-state index contributed by atoms with van der Waals surface area (Å²) in [5, 5.41) is 2.90. The molecule has 3 N–H and O–H groups in total. The highest BCUT2D eigenvalue weighted by molar-refractivity contribution is 5.92. The maximum absolute atomic E-state index is 11.9. The van der Waals surface area contributed by atoms with Gasteiger partial charge in [0.25, 0.3) is 0 Å². The molecule has 0 radical (unpaired) electrons.